The van der Waals surface area contributed by atoms with Crippen LogP contribution < -0.4 is 0 Å². The number of ether oxygens (including phenoxy) is 2. The van der Waals surface area contributed by atoms with Crippen LogP contribution in [0.25, 0.3) is 0 Å². The Morgan fingerprint density at radius 1 is 1.33 bits per heavy atom. The first-order valence-corrected chi connectivity index (χ1v) is 5.91. The van der Waals surface area contributed by atoms with Crippen molar-refractivity contribution in [2.45, 2.75) is 23.9 Å². The van der Waals surface area contributed by atoms with E-state index in [1.165, 1.54) is 0 Å². The molecule has 1 aliphatic heterocycles. The number of halogens is 1. The van der Waals surface area contributed by atoms with E-state index >= 15 is 0 Å². The predicted octanol–water partition coefficient (Wildman–Crippen LogP) is 0.529. The highest BCUT2D eigenvalue weighted by Gasteiger charge is 2.40. The van der Waals surface area contributed by atoms with E-state index in [1.54, 1.807) is 30.3 Å². The molecule has 18 heavy (non-hydrogen) atoms. The van der Waals surface area contributed by atoms with E-state index < -0.39 is 29.8 Å². The minimum absolute atomic E-state index is 0.0886. The van der Waals surface area contributed by atoms with Crippen LogP contribution in [0.4, 0.5) is 0 Å². The first-order chi connectivity index (χ1) is 8.59. The molecule has 5 nitrogen and oxygen atoms in total. The molecule has 6 heteroatoms. The smallest absolute Gasteiger partial charge is 0.338 e. The summed E-state index contributed by atoms with van der Waals surface area (Å²) in [6.07, 6.45) is -3.47. The maximum atomic E-state index is 11.8. The maximum Gasteiger partial charge on any atom is 0.338 e. The Morgan fingerprint density at radius 3 is 2.67 bits per heavy atom. The van der Waals surface area contributed by atoms with Crippen molar-refractivity contribution in [3.63, 3.8) is 0 Å². The van der Waals surface area contributed by atoms with Crippen molar-refractivity contribution in [1.29, 1.82) is 0 Å². The molecule has 0 radical (unpaired) electrons. The number of carbonyl (C=O) groups excluding carboxylic acids is 1. The molecule has 2 N–H and O–H groups in total. The van der Waals surface area contributed by atoms with Crippen LogP contribution in [0, 0.1) is 0 Å². The third kappa shape index (κ3) is 2.81. The van der Waals surface area contributed by atoms with Gasteiger partial charge < -0.3 is 19.7 Å². The molecule has 0 bridgehead atoms. The van der Waals surface area contributed by atoms with Crippen LogP contribution in [0.1, 0.15) is 10.4 Å². The molecule has 0 saturated carbocycles. The number of benzene rings is 1. The lowest BCUT2D eigenvalue weighted by molar-refractivity contribution is -0.165. The molecule has 2 rings (SSSR count). The standard InChI is InChI=1S/C12H13ClO5/c13-11-10(9(15)8(14)6-17-11)18-12(16)7-4-2-1-3-5-7/h1-5,8-11,14-15H,6H2/t8-,9-,10-,11-/m1/s1. The zero-order valence-electron chi connectivity index (χ0n) is 9.40. The second-order valence-electron chi connectivity index (χ2n) is 3.98. The van der Waals surface area contributed by atoms with Gasteiger partial charge in [0.15, 0.2) is 11.7 Å². The fourth-order valence-electron chi connectivity index (χ4n) is 1.65. The Morgan fingerprint density at radius 2 is 2.00 bits per heavy atom. The van der Waals surface area contributed by atoms with Crippen molar-refractivity contribution in [1.82, 2.24) is 0 Å². The summed E-state index contributed by atoms with van der Waals surface area (Å²) < 4.78 is 10.1. The summed E-state index contributed by atoms with van der Waals surface area (Å²) in [5.41, 5.74) is -0.635. The molecule has 0 spiro atoms. The predicted molar refractivity (Wildman–Crippen MR) is 63.3 cm³/mol. The second kappa shape index (κ2) is 5.67. The van der Waals surface area contributed by atoms with Crippen molar-refractivity contribution in [2.24, 2.45) is 0 Å². The van der Waals surface area contributed by atoms with E-state index in [1.807, 2.05) is 0 Å². The Kier molecular flexibility index (Phi) is 4.19. The minimum atomic E-state index is -1.26. The molecule has 1 saturated heterocycles. The van der Waals surface area contributed by atoms with E-state index in [4.69, 9.17) is 21.1 Å². The molecule has 1 heterocycles. The average molecular weight is 273 g/mol. The summed E-state index contributed by atoms with van der Waals surface area (Å²) in [4.78, 5) is 11.8. The Labute approximate surface area is 109 Å². The average Bonchev–Trinajstić information content (AvgIpc) is 2.40. The lowest BCUT2D eigenvalue weighted by atomic mass is 10.1. The lowest BCUT2D eigenvalue weighted by Gasteiger charge is -2.34. The summed E-state index contributed by atoms with van der Waals surface area (Å²) in [5, 5.41) is 19.1. The number of carbonyl (C=O) groups is 1. The lowest BCUT2D eigenvalue weighted by Crippen LogP contribution is -2.52. The van der Waals surface area contributed by atoms with Gasteiger partial charge >= 0.3 is 5.97 Å². The SMILES string of the molecule is O=C(O[C@@H]1[C@H](O)[C@H](O)CO[C@H]1Cl)c1ccccc1. The van der Waals surface area contributed by atoms with Crippen LogP contribution >= 0.6 is 11.6 Å². The number of aliphatic hydroxyl groups is 2. The molecule has 0 unspecified atom stereocenters. The summed E-state index contributed by atoms with van der Waals surface area (Å²) >= 11 is 5.80. The quantitative estimate of drug-likeness (QED) is 0.607. The highest BCUT2D eigenvalue weighted by Crippen LogP contribution is 2.22. The molecular formula is C12H13ClO5. The molecule has 1 fully saturated rings. The highest BCUT2D eigenvalue weighted by molar-refractivity contribution is 6.20. The van der Waals surface area contributed by atoms with Gasteiger partial charge in [-0.3, -0.25) is 0 Å². The maximum absolute atomic E-state index is 11.8. The van der Waals surface area contributed by atoms with Crippen molar-refractivity contribution in [3.8, 4) is 0 Å². The van der Waals surface area contributed by atoms with E-state index in [0.29, 0.717) is 5.56 Å². The number of alkyl halides is 1. The van der Waals surface area contributed by atoms with Gasteiger partial charge in [0.05, 0.1) is 12.2 Å². The van der Waals surface area contributed by atoms with Gasteiger partial charge in [0.25, 0.3) is 0 Å². The van der Waals surface area contributed by atoms with Crippen molar-refractivity contribution in [2.75, 3.05) is 6.61 Å². The van der Waals surface area contributed by atoms with Gasteiger partial charge in [0.2, 0.25) is 0 Å². The monoisotopic (exact) mass is 272 g/mol. The molecule has 1 aromatic carbocycles. The van der Waals surface area contributed by atoms with E-state index in [-0.39, 0.29) is 6.61 Å². The molecule has 0 aromatic heterocycles. The van der Waals surface area contributed by atoms with Crippen LogP contribution in [0.3, 0.4) is 0 Å². The summed E-state index contributed by atoms with van der Waals surface area (Å²) in [6, 6.07) is 8.31. The fourth-order valence-corrected chi connectivity index (χ4v) is 1.92. The zero-order chi connectivity index (χ0) is 13.1. The van der Waals surface area contributed by atoms with Crippen LogP contribution in [-0.2, 0) is 9.47 Å². The fraction of sp³-hybridized carbons (Fsp3) is 0.417. The first kappa shape index (κ1) is 13.3. The van der Waals surface area contributed by atoms with Gasteiger partial charge in [0, 0.05) is 0 Å². The summed E-state index contributed by atoms with van der Waals surface area (Å²) in [5.74, 6) is -0.622. The van der Waals surface area contributed by atoms with Crippen LogP contribution in [0.5, 0.6) is 0 Å². The Hall–Kier alpha value is -1.14. The number of rotatable bonds is 2. The highest BCUT2D eigenvalue weighted by atomic mass is 35.5. The van der Waals surface area contributed by atoms with Gasteiger partial charge in [0.1, 0.15) is 12.2 Å². The molecule has 4 atom stereocenters. The topological polar surface area (TPSA) is 76.0 Å². The molecule has 1 aromatic rings. The summed E-state index contributed by atoms with van der Waals surface area (Å²) in [6.45, 7) is -0.0886. The van der Waals surface area contributed by atoms with Crippen LogP contribution in [0.2, 0.25) is 0 Å². The number of hydrogen-bond donors (Lipinski definition) is 2. The molecular weight excluding hydrogens is 260 g/mol. The number of hydrogen-bond acceptors (Lipinski definition) is 5. The third-order valence-electron chi connectivity index (χ3n) is 2.67. The van der Waals surface area contributed by atoms with Crippen molar-refractivity contribution < 1.29 is 24.5 Å². The van der Waals surface area contributed by atoms with E-state index in [0.717, 1.165) is 0 Å². The van der Waals surface area contributed by atoms with E-state index in [9.17, 15) is 15.0 Å². The van der Waals surface area contributed by atoms with Gasteiger partial charge in [-0.15, -0.1) is 0 Å². The van der Waals surface area contributed by atoms with Crippen molar-refractivity contribution in [3.05, 3.63) is 35.9 Å². The molecule has 0 aliphatic carbocycles. The normalized spacial score (nSPS) is 31.9. The largest absolute Gasteiger partial charge is 0.452 e. The van der Waals surface area contributed by atoms with E-state index in [2.05, 4.69) is 0 Å². The third-order valence-corrected chi connectivity index (χ3v) is 3.04. The zero-order valence-corrected chi connectivity index (χ0v) is 10.2. The number of esters is 1. The molecule has 0 amide bonds. The Balaban J connectivity index is 2.06. The molecule has 1 aliphatic rings. The van der Waals surface area contributed by atoms with Gasteiger partial charge in [-0.05, 0) is 12.1 Å². The summed E-state index contributed by atoms with van der Waals surface area (Å²) in [7, 11) is 0. The van der Waals surface area contributed by atoms with Gasteiger partial charge in [-0.25, -0.2) is 4.79 Å². The van der Waals surface area contributed by atoms with Gasteiger partial charge in [-0.1, -0.05) is 29.8 Å². The second-order valence-corrected chi connectivity index (χ2v) is 4.41. The van der Waals surface area contributed by atoms with Crippen molar-refractivity contribution >= 4 is 17.6 Å². The van der Waals surface area contributed by atoms with Crippen LogP contribution in [-0.4, -0.2) is 46.7 Å². The van der Waals surface area contributed by atoms with Gasteiger partial charge in [-0.2, -0.15) is 0 Å². The minimum Gasteiger partial charge on any atom is -0.452 e. The van der Waals surface area contributed by atoms with Crippen LogP contribution in [0.15, 0.2) is 30.3 Å². The first-order valence-electron chi connectivity index (χ1n) is 5.47. The Bertz CT molecular complexity index is 410. The molecule has 98 valence electrons. The number of aliphatic hydroxyl groups excluding tert-OH is 2.